The largest absolute Gasteiger partial charge is 0.466 e. The molecular weight excluding hydrogens is 204 g/mol. The van der Waals surface area contributed by atoms with Crippen molar-refractivity contribution in [1.82, 2.24) is 5.32 Å². The molecule has 2 rings (SSSR count). The van der Waals surface area contributed by atoms with E-state index in [1.165, 1.54) is 0 Å². The van der Waals surface area contributed by atoms with E-state index in [0.29, 0.717) is 19.8 Å². The first-order chi connectivity index (χ1) is 7.74. The van der Waals surface area contributed by atoms with Crippen molar-refractivity contribution in [2.75, 3.05) is 26.3 Å². The molecule has 16 heavy (non-hydrogen) atoms. The lowest BCUT2D eigenvalue weighted by molar-refractivity contribution is -0.0753. The van der Waals surface area contributed by atoms with Gasteiger partial charge in [0, 0.05) is 19.5 Å². The van der Waals surface area contributed by atoms with E-state index in [9.17, 15) is 0 Å². The van der Waals surface area contributed by atoms with Crippen LogP contribution in [0.25, 0.3) is 0 Å². The monoisotopic (exact) mass is 220 g/mol. The van der Waals surface area contributed by atoms with Gasteiger partial charge < -0.3 is 14.5 Å². The molecule has 0 bridgehead atoms. The number of rotatable bonds is 5. The van der Waals surface area contributed by atoms with Gasteiger partial charge >= 0.3 is 0 Å². The van der Waals surface area contributed by atoms with Crippen molar-refractivity contribution in [1.29, 1.82) is 5.26 Å². The molecule has 1 aliphatic heterocycles. The lowest BCUT2D eigenvalue weighted by Crippen LogP contribution is -2.48. The number of furan rings is 1. The van der Waals surface area contributed by atoms with E-state index < -0.39 is 0 Å². The minimum absolute atomic E-state index is 0.293. The van der Waals surface area contributed by atoms with Crippen LogP contribution >= 0.6 is 0 Å². The molecular formula is C12H16N2O2. The Kier molecular flexibility index (Phi) is 3.28. The minimum atomic E-state index is -0.293. The molecule has 0 radical (unpaired) electrons. The smallest absolute Gasteiger partial charge is 0.116 e. The summed E-state index contributed by atoms with van der Waals surface area (Å²) in [6.07, 6.45) is 0.857. The summed E-state index contributed by atoms with van der Waals surface area (Å²) in [5, 5.41) is 12.2. The quantitative estimate of drug-likeness (QED) is 0.759. The number of nitrogens with one attached hydrogen (secondary N) is 1. The number of hydrogen-bond donors (Lipinski definition) is 1. The van der Waals surface area contributed by atoms with Crippen LogP contribution in [0.5, 0.6) is 0 Å². The van der Waals surface area contributed by atoms with Gasteiger partial charge in [-0.25, -0.2) is 0 Å². The summed E-state index contributed by atoms with van der Waals surface area (Å²) >= 11 is 0. The van der Waals surface area contributed by atoms with E-state index in [2.05, 4.69) is 11.4 Å². The summed E-state index contributed by atoms with van der Waals surface area (Å²) in [4.78, 5) is 0. The van der Waals surface area contributed by atoms with Gasteiger partial charge in [-0.05, 0) is 19.1 Å². The fourth-order valence-electron chi connectivity index (χ4n) is 1.71. The third-order valence-corrected chi connectivity index (χ3v) is 2.80. The van der Waals surface area contributed by atoms with Crippen molar-refractivity contribution in [3.8, 4) is 6.07 Å². The van der Waals surface area contributed by atoms with Crippen molar-refractivity contribution in [2.45, 2.75) is 13.3 Å². The third-order valence-electron chi connectivity index (χ3n) is 2.80. The highest BCUT2D eigenvalue weighted by atomic mass is 16.5. The Morgan fingerprint density at radius 1 is 1.50 bits per heavy atom. The van der Waals surface area contributed by atoms with Crippen LogP contribution in [0.2, 0.25) is 0 Å². The first-order valence-electron chi connectivity index (χ1n) is 5.49. The number of aryl methyl sites for hydroxylation is 1. The Hall–Kier alpha value is -1.31. The van der Waals surface area contributed by atoms with Gasteiger partial charge in [0.1, 0.15) is 16.9 Å². The van der Waals surface area contributed by atoms with Crippen LogP contribution in [0.15, 0.2) is 16.5 Å². The molecule has 2 heterocycles. The maximum Gasteiger partial charge on any atom is 0.116 e. The summed E-state index contributed by atoms with van der Waals surface area (Å²) in [5.74, 6) is 1.93. The van der Waals surface area contributed by atoms with Crippen molar-refractivity contribution in [2.24, 2.45) is 5.41 Å². The van der Waals surface area contributed by atoms with E-state index in [1.807, 2.05) is 19.1 Å². The minimum Gasteiger partial charge on any atom is -0.466 e. The fraction of sp³-hybridized carbons (Fsp3) is 0.583. The van der Waals surface area contributed by atoms with Crippen molar-refractivity contribution in [3.63, 3.8) is 0 Å². The lowest BCUT2D eigenvalue weighted by Gasteiger charge is -2.35. The summed E-state index contributed by atoms with van der Waals surface area (Å²) in [6.45, 7) is 4.57. The Labute approximate surface area is 95.2 Å². The number of ether oxygens (including phenoxy) is 1. The second-order valence-electron chi connectivity index (χ2n) is 4.32. The molecule has 1 aliphatic rings. The zero-order valence-electron chi connectivity index (χ0n) is 9.45. The van der Waals surface area contributed by atoms with Crippen LogP contribution in [-0.2, 0) is 11.2 Å². The molecule has 1 aromatic heterocycles. The van der Waals surface area contributed by atoms with E-state index in [-0.39, 0.29) is 5.41 Å². The second kappa shape index (κ2) is 4.69. The van der Waals surface area contributed by atoms with Gasteiger partial charge in [-0.3, -0.25) is 0 Å². The Morgan fingerprint density at radius 2 is 2.31 bits per heavy atom. The summed E-state index contributed by atoms with van der Waals surface area (Å²) < 4.78 is 10.5. The fourth-order valence-corrected chi connectivity index (χ4v) is 1.71. The van der Waals surface area contributed by atoms with Crippen LogP contribution in [0.1, 0.15) is 11.5 Å². The predicted molar refractivity (Wildman–Crippen MR) is 58.9 cm³/mol. The second-order valence-corrected chi connectivity index (χ2v) is 4.32. The molecule has 0 spiro atoms. The molecule has 0 amide bonds. The molecule has 1 aromatic rings. The van der Waals surface area contributed by atoms with Gasteiger partial charge in [-0.15, -0.1) is 0 Å². The highest BCUT2D eigenvalue weighted by Gasteiger charge is 2.38. The van der Waals surface area contributed by atoms with Gasteiger partial charge in [0.15, 0.2) is 0 Å². The van der Waals surface area contributed by atoms with Crippen LogP contribution in [0, 0.1) is 23.7 Å². The van der Waals surface area contributed by atoms with Gasteiger partial charge in [0.05, 0.1) is 19.3 Å². The summed E-state index contributed by atoms with van der Waals surface area (Å²) in [6, 6.07) is 6.26. The normalized spacial score (nSPS) is 17.8. The molecule has 0 saturated carbocycles. The molecule has 1 saturated heterocycles. The molecule has 0 aliphatic carbocycles. The molecule has 4 heteroatoms. The van der Waals surface area contributed by atoms with Crippen LogP contribution in [-0.4, -0.2) is 26.3 Å². The molecule has 0 aromatic carbocycles. The number of nitriles is 1. The van der Waals surface area contributed by atoms with Crippen molar-refractivity contribution in [3.05, 3.63) is 23.7 Å². The maximum absolute atomic E-state index is 8.97. The van der Waals surface area contributed by atoms with E-state index >= 15 is 0 Å². The van der Waals surface area contributed by atoms with Gasteiger partial charge in [-0.2, -0.15) is 5.26 Å². The molecule has 4 nitrogen and oxygen atoms in total. The van der Waals surface area contributed by atoms with E-state index in [1.54, 1.807) is 0 Å². The first kappa shape index (κ1) is 11.2. The van der Waals surface area contributed by atoms with Gasteiger partial charge in [-0.1, -0.05) is 0 Å². The highest BCUT2D eigenvalue weighted by molar-refractivity contribution is 5.07. The number of nitrogens with zero attached hydrogens (tertiary/aromatic N) is 1. The summed E-state index contributed by atoms with van der Waals surface area (Å²) in [5.41, 5.74) is -0.293. The average Bonchev–Trinajstić information content (AvgIpc) is 2.62. The molecule has 0 unspecified atom stereocenters. The average molecular weight is 220 g/mol. The molecule has 86 valence electrons. The molecule has 1 fully saturated rings. The molecule has 1 N–H and O–H groups in total. The van der Waals surface area contributed by atoms with Crippen LogP contribution in [0.3, 0.4) is 0 Å². The highest BCUT2D eigenvalue weighted by Crippen LogP contribution is 2.25. The van der Waals surface area contributed by atoms with Crippen LogP contribution < -0.4 is 5.32 Å². The Balaban J connectivity index is 1.67. The third kappa shape index (κ3) is 2.43. The zero-order valence-corrected chi connectivity index (χ0v) is 9.45. The predicted octanol–water partition coefficient (Wildman–Crippen LogP) is 1.26. The van der Waals surface area contributed by atoms with E-state index in [0.717, 1.165) is 24.5 Å². The standard InChI is InChI=1S/C12H16N2O2/c1-10-2-3-11(16-10)4-5-14-7-12(6-13)8-15-9-12/h2-3,14H,4-5,7-9H2,1H3. The summed E-state index contributed by atoms with van der Waals surface area (Å²) in [7, 11) is 0. The molecule has 0 atom stereocenters. The Morgan fingerprint density at radius 3 is 2.81 bits per heavy atom. The topological polar surface area (TPSA) is 58.2 Å². The maximum atomic E-state index is 8.97. The van der Waals surface area contributed by atoms with Gasteiger partial charge in [0.25, 0.3) is 0 Å². The van der Waals surface area contributed by atoms with Gasteiger partial charge in [0.2, 0.25) is 0 Å². The van der Waals surface area contributed by atoms with Crippen LogP contribution in [0.4, 0.5) is 0 Å². The van der Waals surface area contributed by atoms with Crippen molar-refractivity contribution < 1.29 is 9.15 Å². The Bertz CT molecular complexity index is 388. The van der Waals surface area contributed by atoms with E-state index in [4.69, 9.17) is 14.4 Å². The zero-order chi connectivity index (χ0) is 11.4. The SMILES string of the molecule is Cc1ccc(CCNCC2(C#N)COC2)o1. The first-order valence-corrected chi connectivity index (χ1v) is 5.49. The number of hydrogen-bond acceptors (Lipinski definition) is 4. The lowest BCUT2D eigenvalue weighted by atomic mass is 9.88. The van der Waals surface area contributed by atoms with Crippen molar-refractivity contribution >= 4 is 0 Å².